The molecule has 0 bridgehead atoms. The van der Waals surface area contributed by atoms with Gasteiger partial charge in [0, 0.05) is 0 Å². The van der Waals surface area contributed by atoms with E-state index in [9.17, 15) is 8.42 Å². The van der Waals surface area contributed by atoms with Crippen LogP contribution in [0.5, 0.6) is 5.75 Å². The molecule has 0 atom stereocenters. The highest BCUT2D eigenvalue weighted by atomic mass is 32.2. The maximum Gasteiger partial charge on any atom is 0.339 e. The lowest BCUT2D eigenvalue weighted by Gasteiger charge is -2.07. The first-order valence-electron chi connectivity index (χ1n) is 6.36. The molecule has 2 aromatic carbocycles. The summed E-state index contributed by atoms with van der Waals surface area (Å²) in [6.45, 7) is 0. The van der Waals surface area contributed by atoms with Crippen LogP contribution >= 0.6 is 0 Å². The van der Waals surface area contributed by atoms with E-state index in [1.807, 2.05) is 6.07 Å². The average Bonchev–Trinajstić information content (AvgIpc) is 3.10. The highest BCUT2D eigenvalue weighted by molar-refractivity contribution is 7.87. The third-order valence-electron chi connectivity index (χ3n) is 2.93. The van der Waals surface area contributed by atoms with E-state index >= 15 is 0 Å². The Bertz CT molecular complexity index is 943. The summed E-state index contributed by atoms with van der Waals surface area (Å²) in [7, 11) is -3.96. The molecule has 0 spiro atoms. The van der Waals surface area contributed by atoms with Crippen molar-refractivity contribution >= 4 is 10.1 Å². The number of nitriles is 1. The smallest absolute Gasteiger partial charge is 0.339 e. The van der Waals surface area contributed by atoms with Crippen molar-refractivity contribution in [2.45, 2.75) is 4.90 Å². The number of rotatable bonds is 4. The molecule has 0 amide bonds. The van der Waals surface area contributed by atoms with Crippen molar-refractivity contribution in [3.63, 3.8) is 0 Å². The molecule has 0 aliphatic carbocycles. The maximum absolute atomic E-state index is 12.2. The Morgan fingerprint density at radius 3 is 2.30 bits per heavy atom. The molecular weight excluding hydrogens is 318 g/mol. The molecule has 23 heavy (non-hydrogen) atoms. The predicted molar refractivity (Wildman–Crippen MR) is 78.1 cm³/mol. The Kier molecular flexibility index (Phi) is 3.74. The Morgan fingerprint density at radius 1 is 1.04 bits per heavy atom. The van der Waals surface area contributed by atoms with Gasteiger partial charge in [-0.1, -0.05) is 0 Å². The molecule has 0 saturated carbocycles. The van der Waals surface area contributed by atoms with Gasteiger partial charge in [0.1, 0.15) is 17.0 Å². The molecule has 0 N–H and O–H groups in total. The molecule has 114 valence electrons. The summed E-state index contributed by atoms with van der Waals surface area (Å²) in [5.74, 6) is 0.159. The van der Waals surface area contributed by atoms with Crippen LogP contribution in [0.1, 0.15) is 5.56 Å². The largest absolute Gasteiger partial charge is 0.379 e. The highest BCUT2D eigenvalue weighted by Gasteiger charge is 2.16. The molecule has 8 nitrogen and oxygen atoms in total. The first kappa shape index (κ1) is 14.7. The molecule has 0 saturated heterocycles. The van der Waals surface area contributed by atoms with Gasteiger partial charge in [0.05, 0.1) is 17.3 Å². The Morgan fingerprint density at radius 2 is 1.74 bits per heavy atom. The molecular formula is C14H9N5O3S. The quantitative estimate of drug-likeness (QED) is 0.664. The second-order valence-electron chi connectivity index (χ2n) is 4.42. The van der Waals surface area contributed by atoms with E-state index < -0.39 is 10.1 Å². The fourth-order valence-electron chi connectivity index (χ4n) is 1.80. The first-order chi connectivity index (χ1) is 11.1. The Balaban J connectivity index is 1.81. The fourth-order valence-corrected chi connectivity index (χ4v) is 2.74. The van der Waals surface area contributed by atoms with Gasteiger partial charge >= 0.3 is 10.1 Å². The number of tetrazole rings is 1. The van der Waals surface area contributed by atoms with Crippen molar-refractivity contribution in [2.24, 2.45) is 0 Å². The van der Waals surface area contributed by atoms with Crippen molar-refractivity contribution in [1.29, 1.82) is 5.26 Å². The zero-order chi connectivity index (χ0) is 16.3. The van der Waals surface area contributed by atoms with E-state index in [1.54, 1.807) is 12.1 Å². The Hall–Kier alpha value is -3.25. The summed E-state index contributed by atoms with van der Waals surface area (Å²) < 4.78 is 30.8. The number of hydrogen-bond donors (Lipinski definition) is 0. The van der Waals surface area contributed by atoms with Gasteiger partial charge in [-0.25, -0.2) is 4.68 Å². The van der Waals surface area contributed by atoms with Gasteiger partial charge in [-0.05, 0) is 59.0 Å². The topological polar surface area (TPSA) is 111 Å². The minimum atomic E-state index is -3.96. The number of hydrogen-bond acceptors (Lipinski definition) is 7. The second kappa shape index (κ2) is 5.86. The van der Waals surface area contributed by atoms with E-state index in [-0.39, 0.29) is 10.6 Å². The summed E-state index contributed by atoms with van der Waals surface area (Å²) in [5, 5.41) is 19.5. The van der Waals surface area contributed by atoms with Crippen LogP contribution in [0.25, 0.3) is 5.69 Å². The SMILES string of the molecule is N#Cc1ccc(S(=O)(=O)Oc2ccc(-n3cnnn3)cc2)cc1. The molecule has 0 radical (unpaired) electrons. The van der Waals surface area contributed by atoms with Crippen LogP contribution in [0.15, 0.2) is 59.8 Å². The summed E-state index contributed by atoms with van der Waals surface area (Å²) in [5.41, 5.74) is 1.04. The van der Waals surface area contributed by atoms with Crippen molar-refractivity contribution in [3.05, 3.63) is 60.4 Å². The summed E-state index contributed by atoms with van der Waals surface area (Å²) >= 11 is 0. The molecule has 9 heteroatoms. The second-order valence-corrected chi connectivity index (χ2v) is 5.97. The molecule has 1 aromatic heterocycles. The van der Waals surface area contributed by atoms with Gasteiger partial charge in [0.15, 0.2) is 0 Å². The van der Waals surface area contributed by atoms with Gasteiger partial charge < -0.3 is 4.18 Å². The Labute approximate surface area is 131 Å². The van der Waals surface area contributed by atoms with Crippen molar-refractivity contribution in [3.8, 4) is 17.5 Å². The minimum absolute atomic E-state index is 0.0268. The van der Waals surface area contributed by atoms with Crippen LogP contribution in [-0.2, 0) is 10.1 Å². The van der Waals surface area contributed by atoms with Crippen LogP contribution in [0.3, 0.4) is 0 Å². The van der Waals surface area contributed by atoms with E-state index in [2.05, 4.69) is 15.5 Å². The summed E-state index contributed by atoms with van der Waals surface area (Å²) in [4.78, 5) is -0.0268. The van der Waals surface area contributed by atoms with E-state index in [0.29, 0.717) is 11.3 Å². The number of benzene rings is 2. The summed E-state index contributed by atoms with van der Waals surface area (Å²) in [6, 6.07) is 13.6. The minimum Gasteiger partial charge on any atom is -0.379 e. The zero-order valence-corrected chi connectivity index (χ0v) is 12.4. The monoisotopic (exact) mass is 327 g/mol. The van der Waals surface area contributed by atoms with Gasteiger partial charge in [-0.15, -0.1) is 5.10 Å². The number of aromatic nitrogens is 4. The lowest BCUT2D eigenvalue weighted by atomic mass is 10.2. The van der Waals surface area contributed by atoms with Crippen LogP contribution in [0, 0.1) is 11.3 Å². The molecule has 3 aromatic rings. The average molecular weight is 327 g/mol. The molecule has 1 heterocycles. The zero-order valence-electron chi connectivity index (χ0n) is 11.6. The van der Waals surface area contributed by atoms with Crippen LogP contribution in [0.2, 0.25) is 0 Å². The van der Waals surface area contributed by atoms with Crippen molar-refractivity contribution in [1.82, 2.24) is 20.2 Å². The van der Waals surface area contributed by atoms with Crippen LogP contribution in [0.4, 0.5) is 0 Å². The van der Waals surface area contributed by atoms with Gasteiger partial charge in [-0.2, -0.15) is 13.7 Å². The van der Waals surface area contributed by atoms with E-state index in [1.165, 1.54) is 47.4 Å². The fraction of sp³-hybridized carbons (Fsp3) is 0. The van der Waals surface area contributed by atoms with Gasteiger partial charge in [-0.3, -0.25) is 0 Å². The van der Waals surface area contributed by atoms with E-state index in [4.69, 9.17) is 9.44 Å². The predicted octanol–water partition coefficient (Wildman–Crippen LogP) is 1.30. The third-order valence-corrected chi connectivity index (χ3v) is 4.19. The van der Waals surface area contributed by atoms with Gasteiger partial charge in [0.25, 0.3) is 0 Å². The summed E-state index contributed by atoms with van der Waals surface area (Å²) in [6.07, 6.45) is 1.42. The standard InChI is InChI=1S/C14H9N5O3S/c15-9-11-1-7-14(8-2-11)23(20,21)22-13-5-3-12(4-6-13)19-10-16-17-18-19/h1-8,10H. The van der Waals surface area contributed by atoms with Crippen molar-refractivity contribution < 1.29 is 12.6 Å². The first-order valence-corrected chi connectivity index (χ1v) is 7.77. The molecule has 0 aliphatic heterocycles. The van der Waals surface area contributed by atoms with Gasteiger partial charge in [0.2, 0.25) is 0 Å². The van der Waals surface area contributed by atoms with Crippen LogP contribution < -0.4 is 4.18 Å². The normalized spacial score (nSPS) is 10.9. The number of nitrogens with zero attached hydrogens (tertiary/aromatic N) is 5. The highest BCUT2D eigenvalue weighted by Crippen LogP contribution is 2.20. The van der Waals surface area contributed by atoms with E-state index in [0.717, 1.165) is 0 Å². The maximum atomic E-state index is 12.2. The van der Waals surface area contributed by atoms with Crippen LogP contribution in [-0.4, -0.2) is 28.6 Å². The molecule has 0 aliphatic rings. The lowest BCUT2D eigenvalue weighted by Crippen LogP contribution is -2.09. The third kappa shape index (κ3) is 3.17. The molecule has 0 unspecified atom stereocenters. The lowest BCUT2D eigenvalue weighted by molar-refractivity contribution is 0.486. The molecule has 3 rings (SSSR count). The molecule has 0 fully saturated rings. The van der Waals surface area contributed by atoms with Crippen molar-refractivity contribution in [2.75, 3.05) is 0 Å².